The molecule has 2 aromatic rings. The quantitative estimate of drug-likeness (QED) is 0.757. The van der Waals surface area contributed by atoms with Crippen LogP contribution in [-0.4, -0.2) is 28.2 Å². The molecule has 114 valence electrons. The summed E-state index contributed by atoms with van der Waals surface area (Å²) in [6.45, 7) is 3.01. The number of sulfonamides is 1. The molecule has 0 aliphatic carbocycles. The zero-order chi connectivity index (χ0) is 15.1. The number of benzene rings is 1. The van der Waals surface area contributed by atoms with E-state index in [1.807, 2.05) is 19.1 Å². The first kappa shape index (κ1) is 15.8. The highest BCUT2D eigenvalue weighted by molar-refractivity contribution is 7.91. The van der Waals surface area contributed by atoms with E-state index in [2.05, 4.69) is 4.72 Å². The molecule has 2 rings (SSSR count). The number of thiophene rings is 1. The van der Waals surface area contributed by atoms with Crippen molar-refractivity contribution in [1.82, 2.24) is 4.72 Å². The summed E-state index contributed by atoms with van der Waals surface area (Å²) in [5.41, 5.74) is 0. The van der Waals surface area contributed by atoms with Gasteiger partial charge in [-0.3, -0.25) is 0 Å². The van der Waals surface area contributed by atoms with Crippen molar-refractivity contribution in [2.75, 3.05) is 19.8 Å². The molecule has 0 spiro atoms. The van der Waals surface area contributed by atoms with E-state index in [4.69, 9.17) is 9.47 Å². The summed E-state index contributed by atoms with van der Waals surface area (Å²) in [5.74, 6) is 1.46. The second-order valence-corrected chi connectivity index (χ2v) is 7.02. The van der Waals surface area contributed by atoms with Crippen LogP contribution in [0.2, 0.25) is 0 Å². The molecule has 0 aliphatic rings. The molecule has 0 aliphatic heterocycles. The number of ether oxygens (including phenoxy) is 2. The van der Waals surface area contributed by atoms with E-state index < -0.39 is 10.0 Å². The number of hydrogen-bond acceptors (Lipinski definition) is 5. The van der Waals surface area contributed by atoms with Crippen LogP contribution in [0.25, 0.3) is 0 Å². The molecule has 0 saturated heterocycles. The number of hydrogen-bond donors (Lipinski definition) is 1. The molecule has 1 N–H and O–H groups in total. The van der Waals surface area contributed by atoms with E-state index in [0.717, 1.165) is 5.75 Å². The van der Waals surface area contributed by atoms with Gasteiger partial charge in [0.2, 0.25) is 10.0 Å². The normalized spacial score (nSPS) is 11.3. The van der Waals surface area contributed by atoms with Crippen LogP contribution >= 0.6 is 11.3 Å². The zero-order valence-electron chi connectivity index (χ0n) is 11.6. The molecule has 0 radical (unpaired) electrons. The summed E-state index contributed by atoms with van der Waals surface area (Å²) in [7, 11) is -3.42. The van der Waals surface area contributed by atoms with Crippen molar-refractivity contribution in [2.45, 2.75) is 11.1 Å². The Hall–Kier alpha value is -1.57. The third-order valence-corrected chi connectivity index (χ3v) is 5.42. The van der Waals surface area contributed by atoms with Crippen LogP contribution in [0.4, 0.5) is 0 Å². The van der Waals surface area contributed by atoms with Crippen molar-refractivity contribution in [3.05, 3.63) is 41.8 Å². The topological polar surface area (TPSA) is 64.6 Å². The van der Waals surface area contributed by atoms with Gasteiger partial charge in [0.25, 0.3) is 0 Å². The monoisotopic (exact) mass is 327 g/mol. The Morgan fingerprint density at radius 2 is 1.76 bits per heavy atom. The standard InChI is InChI=1S/C14H17NO4S2/c1-2-18-12-5-7-13(8-6-12)19-10-9-15-21(16,17)14-4-3-11-20-14/h3-8,11,15H,2,9-10H2,1H3. The SMILES string of the molecule is CCOc1ccc(OCCNS(=O)(=O)c2cccs2)cc1. The summed E-state index contributed by atoms with van der Waals surface area (Å²) < 4.78 is 37.3. The summed E-state index contributed by atoms with van der Waals surface area (Å²) in [6, 6.07) is 10.5. The molecule has 0 unspecified atom stereocenters. The third kappa shape index (κ3) is 4.73. The highest BCUT2D eigenvalue weighted by atomic mass is 32.2. The van der Waals surface area contributed by atoms with Gasteiger partial charge < -0.3 is 9.47 Å². The Morgan fingerprint density at radius 3 is 2.33 bits per heavy atom. The number of nitrogens with one attached hydrogen (secondary N) is 1. The third-order valence-electron chi connectivity index (χ3n) is 2.56. The average Bonchev–Trinajstić information content (AvgIpc) is 3.01. The van der Waals surface area contributed by atoms with Gasteiger partial charge in [0.15, 0.2) is 0 Å². The second-order valence-electron chi connectivity index (χ2n) is 4.08. The fourth-order valence-electron chi connectivity index (χ4n) is 1.63. The minimum Gasteiger partial charge on any atom is -0.494 e. The van der Waals surface area contributed by atoms with Crippen LogP contribution in [-0.2, 0) is 10.0 Å². The number of rotatable bonds is 8. The lowest BCUT2D eigenvalue weighted by molar-refractivity contribution is 0.319. The van der Waals surface area contributed by atoms with Crippen LogP contribution < -0.4 is 14.2 Å². The van der Waals surface area contributed by atoms with E-state index in [0.29, 0.717) is 16.6 Å². The van der Waals surface area contributed by atoms with Crippen molar-refractivity contribution >= 4 is 21.4 Å². The van der Waals surface area contributed by atoms with E-state index >= 15 is 0 Å². The Bertz CT molecular complexity index is 636. The summed E-state index contributed by atoms with van der Waals surface area (Å²) in [4.78, 5) is 0. The minimum atomic E-state index is -3.42. The molecule has 5 nitrogen and oxygen atoms in total. The van der Waals surface area contributed by atoms with Crippen molar-refractivity contribution in [3.8, 4) is 11.5 Å². The molecule has 0 atom stereocenters. The first-order chi connectivity index (χ1) is 10.1. The van der Waals surface area contributed by atoms with Gasteiger partial charge >= 0.3 is 0 Å². The van der Waals surface area contributed by atoms with E-state index in [-0.39, 0.29) is 13.2 Å². The maximum absolute atomic E-state index is 11.8. The first-order valence-electron chi connectivity index (χ1n) is 6.50. The molecule has 0 fully saturated rings. The van der Waals surface area contributed by atoms with Crippen LogP contribution in [0.1, 0.15) is 6.92 Å². The van der Waals surface area contributed by atoms with Gasteiger partial charge in [-0.05, 0) is 42.6 Å². The van der Waals surface area contributed by atoms with E-state index in [1.165, 1.54) is 11.3 Å². The lowest BCUT2D eigenvalue weighted by Crippen LogP contribution is -2.27. The first-order valence-corrected chi connectivity index (χ1v) is 8.87. The Balaban J connectivity index is 1.77. The maximum Gasteiger partial charge on any atom is 0.250 e. The van der Waals surface area contributed by atoms with Crippen molar-refractivity contribution in [1.29, 1.82) is 0 Å². The lowest BCUT2D eigenvalue weighted by atomic mass is 10.3. The van der Waals surface area contributed by atoms with Crippen LogP contribution in [0.5, 0.6) is 11.5 Å². The van der Waals surface area contributed by atoms with Gasteiger partial charge in [0.1, 0.15) is 22.3 Å². The minimum absolute atomic E-state index is 0.216. The Labute approximate surface area is 128 Å². The molecular weight excluding hydrogens is 310 g/mol. The lowest BCUT2D eigenvalue weighted by Gasteiger charge is -2.08. The van der Waals surface area contributed by atoms with E-state index in [9.17, 15) is 8.42 Å². The van der Waals surface area contributed by atoms with Crippen LogP contribution in [0.15, 0.2) is 46.0 Å². The van der Waals surface area contributed by atoms with E-state index in [1.54, 1.807) is 29.6 Å². The average molecular weight is 327 g/mol. The predicted molar refractivity (Wildman–Crippen MR) is 82.6 cm³/mol. The largest absolute Gasteiger partial charge is 0.494 e. The summed E-state index contributed by atoms with van der Waals surface area (Å²) in [6.07, 6.45) is 0. The van der Waals surface area contributed by atoms with Crippen molar-refractivity contribution < 1.29 is 17.9 Å². The molecule has 1 aromatic carbocycles. The summed E-state index contributed by atoms with van der Waals surface area (Å²) in [5, 5.41) is 1.73. The molecule has 0 amide bonds. The smallest absolute Gasteiger partial charge is 0.250 e. The van der Waals surface area contributed by atoms with Gasteiger partial charge in [0, 0.05) is 6.54 Å². The zero-order valence-corrected chi connectivity index (χ0v) is 13.2. The summed E-state index contributed by atoms with van der Waals surface area (Å²) >= 11 is 1.19. The van der Waals surface area contributed by atoms with Crippen molar-refractivity contribution in [2.24, 2.45) is 0 Å². The molecule has 7 heteroatoms. The van der Waals surface area contributed by atoms with Gasteiger partial charge in [-0.25, -0.2) is 13.1 Å². The molecule has 21 heavy (non-hydrogen) atoms. The predicted octanol–water partition coefficient (Wildman–Crippen LogP) is 2.50. The fraction of sp³-hybridized carbons (Fsp3) is 0.286. The van der Waals surface area contributed by atoms with Gasteiger partial charge in [-0.1, -0.05) is 6.07 Å². The van der Waals surface area contributed by atoms with Gasteiger partial charge in [0.05, 0.1) is 6.61 Å². The Morgan fingerprint density at radius 1 is 1.10 bits per heavy atom. The molecule has 0 saturated carbocycles. The molecule has 1 heterocycles. The van der Waals surface area contributed by atoms with Crippen LogP contribution in [0.3, 0.4) is 0 Å². The highest BCUT2D eigenvalue weighted by Gasteiger charge is 2.13. The fourth-order valence-corrected chi connectivity index (χ4v) is 3.68. The second kappa shape index (κ2) is 7.44. The molecule has 0 bridgehead atoms. The Kier molecular flexibility index (Phi) is 5.60. The maximum atomic E-state index is 11.8. The molecule has 1 aromatic heterocycles. The van der Waals surface area contributed by atoms with Crippen molar-refractivity contribution in [3.63, 3.8) is 0 Å². The van der Waals surface area contributed by atoms with Crippen LogP contribution in [0, 0.1) is 0 Å². The van der Waals surface area contributed by atoms with Gasteiger partial charge in [-0.15, -0.1) is 11.3 Å². The molecular formula is C14H17NO4S2. The van der Waals surface area contributed by atoms with Gasteiger partial charge in [-0.2, -0.15) is 0 Å². The highest BCUT2D eigenvalue weighted by Crippen LogP contribution is 2.17.